The van der Waals surface area contributed by atoms with Gasteiger partial charge in [0.2, 0.25) is 15.9 Å². The summed E-state index contributed by atoms with van der Waals surface area (Å²) in [4.78, 5) is 12.6. The standard InChI is InChI=1S/C18H19Cl3N2O4S/c1-11(12-6-4-5-7-17(12)27-2)22-18(24)10-23(28(3,25)26)16-9-14(20)13(19)8-15(16)21/h4-9,11H,10H2,1-3H3,(H,22,24). The molecular weight excluding hydrogens is 447 g/mol. The minimum Gasteiger partial charge on any atom is -0.496 e. The van der Waals surface area contributed by atoms with E-state index < -0.39 is 28.5 Å². The minimum absolute atomic E-state index is 0.0606. The third-order valence-corrected chi connectivity index (χ3v) is 6.08. The van der Waals surface area contributed by atoms with E-state index in [0.717, 1.165) is 16.1 Å². The molecular formula is C18H19Cl3N2O4S. The summed E-state index contributed by atoms with van der Waals surface area (Å²) in [6.45, 7) is 1.29. The van der Waals surface area contributed by atoms with Crippen LogP contribution in [0.25, 0.3) is 0 Å². The van der Waals surface area contributed by atoms with Crippen molar-refractivity contribution in [1.29, 1.82) is 0 Å². The van der Waals surface area contributed by atoms with Gasteiger partial charge in [0.25, 0.3) is 0 Å². The van der Waals surface area contributed by atoms with Crippen molar-refractivity contribution in [2.45, 2.75) is 13.0 Å². The zero-order valence-electron chi connectivity index (χ0n) is 15.4. The molecule has 28 heavy (non-hydrogen) atoms. The van der Waals surface area contributed by atoms with Gasteiger partial charge in [0.1, 0.15) is 12.3 Å². The van der Waals surface area contributed by atoms with Crippen molar-refractivity contribution in [3.8, 4) is 5.75 Å². The molecule has 0 aliphatic heterocycles. The number of nitrogens with zero attached hydrogens (tertiary/aromatic N) is 1. The lowest BCUT2D eigenvalue weighted by molar-refractivity contribution is -0.120. The lowest BCUT2D eigenvalue weighted by atomic mass is 10.1. The number of rotatable bonds is 7. The van der Waals surface area contributed by atoms with Crippen LogP contribution in [-0.4, -0.2) is 34.2 Å². The molecule has 1 unspecified atom stereocenters. The fraction of sp³-hybridized carbons (Fsp3) is 0.278. The van der Waals surface area contributed by atoms with Crippen molar-refractivity contribution in [3.05, 3.63) is 57.0 Å². The number of hydrogen-bond donors (Lipinski definition) is 1. The van der Waals surface area contributed by atoms with Crippen molar-refractivity contribution >= 4 is 56.4 Å². The van der Waals surface area contributed by atoms with Crippen LogP contribution in [0.3, 0.4) is 0 Å². The summed E-state index contributed by atoms with van der Waals surface area (Å²) >= 11 is 18.0. The Hall–Kier alpha value is -1.67. The normalized spacial score (nSPS) is 12.4. The molecule has 1 atom stereocenters. The highest BCUT2D eigenvalue weighted by Gasteiger charge is 2.25. The molecule has 2 rings (SSSR count). The van der Waals surface area contributed by atoms with Crippen LogP contribution in [-0.2, 0) is 14.8 Å². The third kappa shape index (κ3) is 5.44. The summed E-state index contributed by atoms with van der Waals surface area (Å²) in [5.41, 5.74) is 0.829. The molecule has 6 nitrogen and oxygen atoms in total. The van der Waals surface area contributed by atoms with E-state index in [1.165, 1.54) is 19.2 Å². The molecule has 152 valence electrons. The van der Waals surface area contributed by atoms with Crippen LogP contribution in [0.1, 0.15) is 18.5 Å². The molecule has 2 aromatic rings. The molecule has 0 heterocycles. The second-order valence-corrected chi connectivity index (χ2v) is 9.15. The summed E-state index contributed by atoms with van der Waals surface area (Å²) < 4.78 is 30.7. The molecule has 0 spiro atoms. The van der Waals surface area contributed by atoms with Crippen LogP contribution in [0.4, 0.5) is 5.69 Å². The second kappa shape index (κ2) is 9.22. The number of amides is 1. The summed E-state index contributed by atoms with van der Waals surface area (Å²) in [5.74, 6) is 0.0915. The van der Waals surface area contributed by atoms with Gasteiger partial charge >= 0.3 is 0 Å². The molecule has 2 aromatic carbocycles. The third-order valence-electron chi connectivity index (χ3n) is 3.93. The van der Waals surface area contributed by atoms with Crippen LogP contribution in [0, 0.1) is 0 Å². The smallest absolute Gasteiger partial charge is 0.241 e. The van der Waals surface area contributed by atoms with Gasteiger partial charge in [0.15, 0.2) is 0 Å². The van der Waals surface area contributed by atoms with Gasteiger partial charge in [-0.15, -0.1) is 0 Å². The van der Waals surface area contributed by atoms with Gasteiger partial charge in [0.05, 0.1) is 40.2 Å². The average molecular weight is 466 g/mol. The van der Waals surface area contributed by atoms with Gasteiger partial charge in [-0.25, -0.2) is 8.42 Å². The molecule has 1 N–H and O–H groups in total. The van der Waals surface area contributed by atoms with Gasteiger partial charge in [-0.05, 0) is 25.1 Å². The van der Waals surface area contributed by atoms with Crippen LogP contribution in [0.15, 0.2) is 36.4 Å². The van der Waals surface area contributed by atoms with Crippen LogP contribution in [0.5, 0.6) is 5.75 Å². The fourth-order valence-corrected chi connectivity index (χ4v) is 4.16. The first-order chi connectivity index (χ1) is 13.0. The van der Waals surface area contributed by atoms with E-state index in [1.807, 2.05) is 18.2 Å². The summed E-state index contributed by atoms with van der Waals surface area (Å²) in [6, 6.07) is 9.45. The number of ether oxygens (including phenoxy) is 1. The Morgan fingerprint density at radius 3 is 2.36 bits per heavy atom. The molecule has 0 aliphatic carbocycles. The Bertz CT molecular complexity index is 983. The molecule has 0 aliphatic rings. The van der Waals surface area contributed by atoms with Crippen molar-refractivity contribution in [2.24, 2.45) is 0 Å². The summed E-state index contributed by atoms with van der Waals surface area (Å²) in [7, 11) is -2.28. The van der Waals surface area contributed by atoms with Gasteiger partial charge in [-0.2, -0.15) is 0 Å². The Morgan fingerprint density at radius 2 is 1.75 bits per heavy atom. The van der Waals surface area contributed by atoms with E-state index in [-0.39, 0.29) is 20.8 Å². The lowest BCUT2D eigenvalue weighted by Crippen LogP contribution is -2.41. The zero-order chi connectivity index (χ0) is 21.1. The van der Waals surface area contributed by atoms with Crippen molar-refractivity contribution in [2.75, 3.05) is 24.2 Å². The Labute approximate surface area is 179 Å². The number of sulfonamides is 1. The van der Waals surface area contributed by atoms with Crippen LogP contribution in [0.2, 0.25) is 15.1 Å². The number of para-hydroxylation sites is 1. The maximum absolute atomic E-state index is 12.6. The lowest BCUT2D eigenvalue weighted by Gasteiger charge is -2.25. The van der Waals surface area contributed by atoms with Gasteiger partial charge in [-0.3, -0.25) is 9.10 Å². The number of hydrogen-bond acceptors (Lipinski definition) is 4. The van der Waals surface area contributed by atoms with E-state index in [0.29, 0.717) is 5.75 Å². The topological polar surface area (TPSA) is 75.7 Å². The first-order valence-corrected chi connectivity index (χ1v) is 11.1. The van der Waals surface area contributed by atoms with E-state index in [4.69, 9.17) is 39.5 Å². The molecule has 0 saturated carbocycles. The molecule has 0 saturated heterocycles. The van der Waals surface area contributed by atoms with Gasteiger partial charge in [-0.1, -0.05) is 53.0 Å². The SMILES string of the molecule is COc1ccccc1C(C)NC(=O)CN(c1cc(Cl)c(Cl)cc1Cl)S(C)(=O)=O. The highest BCUT2D eigenvalue weighted by atomic mass is 35.5. The Kier molecular flexibility index (Phi) is 7.45. The van der Waals surface area contributed by atoms with E-state index in [1.54, 1.807) is 13.0 Å². The highest BCUT2D eigenvalue weighted by molar-refractivity contribution is 7.92. The van der Waals surface area contributed by atoms with E-state index in [9.17, 15) is 13.2 Å². The number of nitrogens with one attached hydrogen (secondary N) is 1. The maximum atomic E-state index is 12.6. The van der Waals surface area contributed by atoms with Crippen LogP contribution >= 0.6 is 34.8 Å². The van der Waals surface area contributed by atoms with Gasteiger partial charge < -0.3 is 10.1 Å². The number of carbonyl (C=O) groups excluding carboxylic acids is 1. The molecule has 0 radical (unpaired) electrons. The fourth-order valence-electron chi connectivity index (χ4n) is 2.60. The summed E-state index contributed by atoms with van der Waals surface area (Å²) in [5, 5.41) is 3.12. The minimum atomic E-state index is -3.82. The maximum Gasteiger partial charge on any atom is 0.241 e. The van der Waals surface area contributed by atoms with E-state index >= 15 is 0 Å². The molecule has 1 amide bonds. The average Bonchev–Trinajstić information content (AvgIpc) is 2.62. The number of carbonyl (C=O) groups is 1. The number of anilines is 1. The quantitative estimate of drug-likeness (QED) is 0.619. The number of benzene rings is 2. The molecule has 0 bridgehead atoms. The number of halogens is 3. The largest absolute Gasteiger partial charge is 0.496 e. The monoisotopic (exact) mass is 464 g/mol. The zero-order valence-corrected chi connectivity index (χ0v) is 18.5. The Morgan fingerprint density at radius 1 is 1.14 bits per heavy atom. The van der Waals surface area contributed by atoms with E-state index in [2.05, 4.69) is 5.32 Å². The van der Waals surface area contributed by atoms with Crippen molar-refractivity contribution < 1.29 is 17.9 Å². The second-order valence-electron chi connectivity index (χ2n) is 6.02. The van der Waals surface area contributed by atoms with Crippen molar-refractivity contribution in [3.63, 3.8) is 0 Å². The molecule has 0 aromatic heterocycles. The van der Waals surface area contributed by atoms with Crippen LogP contribution < -0.4 is 14.4 Å². The van der Waals surface area contributed by atoms with Gasteiger partial charge in [0, 0.05) is 5.56 Å². The van der Waals surface area contributed by atoms with Crippen molar-refractivity contribution in [1.82, 2.24) is 5.32 Å². The predicted octanol–water partition coefficient (Wildman–Crippen LogP) is 4.30. The molecule has 0 fully saturated rings. The first kappa shape index (κ1) is 22.6. The molecule has 10 heteroatoms. The highest BCUT2D eigenvalue weighted by Crippen LogP contribution is 2.35. The first-order valence-electron chi connectivity index (χ1n) is 8.09. The predicted molar refractivity (Wildman–Crippen MR) is 113 cm³/mol. The summed E-state index contributed by atoms with van der Waals surface area (Å²) in [6.07, 6.45) is 0.975. The number of methoxy groups -OCH3 is 1. The Balaban J connectivity index is 2.26.